The number of phenolic OH excluding ortho intramolecular Hbond substituents is 2. The molecule has 0 spiro atoms. The monoisotopic (exact) mass is 492 g/mol. The molecule has 5 nitrogen and oxygen atoms in total. The second-order valence-corrected chi connectivity index (χ2v) is 9.29. The van der Waals surface area contributed by atoms with Gasteiger partial charge in [-0.15, -0.1) is 0 Å². The van der Waals surface area contributed by atoms with E-state index >= 15 is 0 Å². The van der Waals surface area contributed by atoms with Gasteiger partial charge in [0.15, 0.2) is 4.75 Å². The number of phenols is 2. The fourth-order valence-corrected chi connectivity index (χ4v) is 5.12. The number of benzene rings is 3. The van der Waals surface area contributed by atoms with E-state index in [1.165, 1.54) is 48.5 Å². The van der Waals surface area contributed by atoms with Crippen molar-refractivity contribution in [3.05, 3.63) is 91.4 Å². The van der Waals surface area contributed by atoms with E-state index in [-0.39, 0.29) is 42.5 Å². The lowest BCUT2D eigenvalue weighted by atomic mass is 9.84. The molecule has 3 aromatic carbocycles. The second-order valence-electron chi connectivity index (χ2n) is 6.12. The van der Waals surface area contributed by atoms with E-state index in [0.717, 1.165) is 6.07 Å². The van der Waals surface area contributed by atoms with Gasteiger partial charge in [0, 0.05) is 0 Å². The summed E-state index contributed by atoms with van der Waals surface area (Å²) in [4.78, 5) is 0. The summed E-state index contributed by atoms with van der Waals surface area (Å²) in [5.41, 5.74) is -0.0252. The molecule has 0 aliphatic rings. The zero-order valence-corrected chi connectivity index (χ0v) is 18.1. The molecule has 0 aliphatic heterocycles. The maximum absolute atomic E-state index is 12.9. The lowest BCUT2D eigenvalue weighted by Gasteiger charge is -2.33. The van der Waals surface area contributed by atoms with Gasteiger partial charge in [0.05, 0.1) is 20.1 Å². The van der Waals surface area contributed by atoms with Crippen LogP contribution in [-0.4, -0.2) is 23.2 Å². The molecule has 10 heteroatoms. The number of hydrogen-bond acceptors (Lipinski definition) is 4. The minimum Gasteiger partial charge on any atom is -0.508 e. The molecule has 0 radical (unpaired) electrons. The lowest BCUT2D eigenvalue weighted by Crippen LogP contribution is -2.38. The van der Waals surface area contributed by atoms with Gasteiger partial charge >= 0.3 is 0 Å². The van der Waals surface area contributed by atoms with Crippen molar-refractivity contribution in [3.8, 4) is 11.5 Å². The molecule has 3 aromatic rings. The molecule has 0 bridgehead atoms. The molecule has 1 unspecified atom stereocenters. The first-order valence-corrected chi connectivity index (χ1v) is 10.8. The number of halogens is 4. The second kappa shape index (κ2) is 7.87. The maximum atomic E-state index is 12.9. The third-order valence-electron chi connectivity index (χ3n) is 4.40. The normalized spacial score (nSPS) is 13.8. The summed E-state index contributed by atoms with van der Waals surface area (Å²) in [6.07, 6.45) is 0. The van der Waals surface area contributed by atoms with Gasteiger partial charge in [0.2, 0.25) is 0 Å². The van der Waals surface area contributed by atoms with Crippen LogP contribution >= 0.6 is 46.4 Å². The lowest BCUT2D eigenvalue weighted by molar-refractivity contribution is 0.455. The zero-order valence-electron chi connectivity index (χ0n) is 14.3. The standard InChI is InChI=1S/C19H12Cl4O5S/c20-14-6-3-11(9-17(14)25)19(29(26,27)28,10-1-4-13(24)5-2-10)12-7-15(21)18(23)16(22)8-12/h1-9,24-25H,(H,26,27,28). The maximum Gasteiger partial charge on any atom is 0.283 e. The van der Waals surface area contributed by atoms with E-state index < -0.39 is 20.6 Å². The smallest absolute Gasteiger partial charge is 0.283 e. The predicted molar refractivity (Wildman–Crippen MR) is 114 cm³/mol. The minimum atomic E-state index is -4.97. The van der Waals surface area contributed by atoms with Crippen molar-refractivity contribution in [3.63, 3.8) is 0 Å². The van der Waals surface area contributed by atoms with Crippen molar-refractivity contribution in [1.29, 1.82) is 0 Å². The van der Waals surface area contributed by atoms with Gasteiger partial charge in [0.25, 0.3) is 10.1 Å². The number of hydrogen-bond donors (Lipinski definition) is 3. The van der Waals surface area contributed by atoms with E-state index in [9.17, 15) is 23.2 Å². The molecule has 0 fully saturated rings. The molecule has 0 saturated heterocycles. The Labute approximate surface area is 186 Å². The molecular formula is C19H12Cl4O5S. The Hall–Kier alpha value is -1.67. The highest BCUT2D eigenvalue weighted by molar-refractivity contribution is 7.87. The van der Waals surface area contributed by atoms with Crippen molar-refractivity contribution >= 4 is 56.5 Å². The molecule has 0 aliphatic carbocycles. The topological polar surface area (TPSA) is 94.8 Å². The Morgan fingerprint density at radius 2 is 1.21 bits per heavy atom. The van der Waals surface area contributed by atoms with Gasteiger partial charge in [-0.05, 0) is 53.1 Å². The van der Waals surface area contributed by atoms with Crippen LogP contribution in [0.4, 0.5) is 0 Å². The molecule has 0 saturated carbocycles. The van der Waals surface area contributed by atoms with Crippen LogP contribution in [0, 0.1) is 0 Å². The minimum absolute atomic E-state index is 0.00554. The van der Waals surface area contributed by atoms with E-state index in [2.05, 4.69) is 0 Å². The Morgan fingerprint density at radius 1 is 0.690 bits per heavy atom. The quantitative estimate of drug-likeness (QED) is 0.239. The largest absolute Gasteiger partial charge is 0.508 e. The summed E-state index contributed by atoms with van der Waals surface area (Å²) in [5.74, 6) is -0.522. The van der Waals surface area contributed by atoms with Crippen LogP contribution in [0.1, 0.15) is 16.7 Å². The van der Waals surface area contributed by atoms with Crippen LogP contribution in [0.25, 0.3) is 0 Å². The first-order valence-electron chi connectivity index (χ1n) is 7.89. The molecule has 3 rings (SSSR count). The van der Waals surface area contributed by atoms with Crippen molar-refractivity contribution in [2.45, 2.75) is 4.75 Å². The first kappa shape index (κ1) is 22.0. The van der Waals surface area contributed by atoms with Gasteiger partial charge in [-0.3, -0.25) is 4.55 Å². The van der Waals surface area contributed by atoms with Gasteiger partial charge in [-0.1, -0.05) is 64.6 Å². The van der Waals surface area contributed by atoms with Gasteiger partial charge < -0.3 is 10.2 Å². The molecule has 0 heterocycles. The third-order valence-corrected chi connectivity index (χ3v) is 7.40. The Kier molecular flexibility index (Phi) is 5.98. The molecular weight excluding hydrogens is 482 g/mol. The highest BCUT2D eigenvalue weighted by Crippen LogP contribution is 2.48. The Morgan fingerprint density at radius 3 is 1.69 bits per heavy atom. The summed E-state index contributed by atoms with van der Waals surface area (Å²) in [7, 11) is -4.97. The summed E-state index contributed by atoms with van der Waals surface area (Å²) in [5, 5.41) is 19.6. The fourth-order valence-electron chi connectivity index (χ4n) is 3.13. The first-order chi connectivity index (χ1) is 13.5. The summed E-state index contributed by atoms with van der Waals surface area (Å²) < 4.78 is 34.0. The van der Waals surface area contributed by atoms with Crippen LogP contribution in [0.2, 0.25) is 20.1 Å². The van der Waals surface area contributed by atoms with Crippen LogP contribution in [0.3, 0.4) is 0 Å². The summed E-state index contributed by atoms with van der Waals surface area (Å²) >= 11 is 24.1. The predicted octanol–water partition coefficient (Wildman–Crippen LogP) is 5.89. The highest BCUT2D eigenvalue weighted by atomic mass is 35.5. The fraction of sp³-hybridized carbons (Fsp3) is 0.0526. The average molecular weight is 494 g/mol. The molecule has 29 heavy (non-hydrogen) atoms. The SMILES string of the molecule is O=S(=O)(O)C(c1ccc(O)cc1)(c1ccc(Cl)c(O)c1)c1cc(Cl)c(Cl)c(Cl)c1. The van der Waals surface area contributed by atoms with E-state index in [0.29, 0.717) is 0 Å². The van der Waals surface area contributed by atoms with Crippen molar-refractivity contribution in [1.82, 2.24) is 0 Å². The van der Waals surface area contributed by atoms with E-state index in [4.69, 9.17) is 46.4 Å². The van der Waals surface area contributed by atoms with Crippen LogP contribution in [-0.2, 0) is 14.9 Å². The molecule has 3 N–H and O–H groups in total. The van der Waals surface area contributed by atoms with Gasteiger partial charge in [-0.2, -0.15) is 8.42 Å². The molecule has 0 aromatic heterocycles. The Bertz CT molecular complexity index is 1170. The van der Waals surface area contributed by atoms with Crippen LogP contribution < -0.4 is 0 Å². The molecule has 0 amide bonds. The van der Waals surface area contributed by atoms with Crippen molar-refractivity contribution < 1.29 is 23.2 Å². The van der Waals surface area contributed by atoms with E-state index in [1.54, 1.807) is 0 Å². The van der Waals surface area contributed by atoms with Crippen LogP contribution in [0.5, 0.6) is 11.5 Å². The van der Waals surface area contributed by atoms with Crippen molar-refractivity contribution in [2.24, 2.45) is 0 Å². The van der Waals surface area contributed by atoms with E-state index in [1.807, 2.05) is 0 Å². The summed E-state index contributed by atoms with van der Waals surface area (Å²) in [6.45, 7) is 0. The van der Waals surface area contributed by atoms with Crippen LogP contribution in [0.15, 0.2) is 54.6 Å². The average Bonchev–Trinajstić information content (AvgIpc) is 2.63. The third kappa shape index (κ3) is 3.77. The van der Waals surface area contributed by atoms with Gasteiger partial charge in [0.1, 0.15) is 11.5 Å². The zero-order chi connectivity index (χ0) is 21.6. The number of aromatic hydroxyl groups is 2. The molecule has 1 atom stereocenters. The highest BCUT2D eigenvalue weighted by Gasteiger charge is 2.49. The molecule has 152 valence electrons. The van der Waals surface area contributed by atoms with Crippen molar-refractivity contribution in [2.75, 3.05) is 0 Å². The summed E-state index contributed by atoms with van der Waals surface area (Å²) in [6, 6.07) is 11.4. The van der Waals surface area contributed by atoms with Gasteiger partial charge in [-0.25, -0.2) is 0 Å². The number of rotatable bonds is 4. The Balaban J connectivity index is 2.54.